The predicted octanol–water partition coefficient (Wildman–Crippen LogP) is 6.39. The second kappa shape index (κ2) is 6.75. The molecule has 0 N–H and O–H groups in total. The number of fused-ring (bicyclic) bond motifs is 3. The minimum atomic E-state index is -0.790. The highest BCUT2D eigenvalue weighted by molar-refractivity contribution is 6.05. The van der Waals surface area contributed by atoms with Crippen molar-refractivity contribution in [2.75, 3.05) is 0 Å². The Morgan fingerprint density at radius 3 is 2.00 bits per heavy atom. The van der Waals surface area contributed by atoms with Crippen molar-refractivity contribution in [1.29, 1.82) is 0 Å². The van der Waals surface area contributed by atoms with E-state index in [2.05, 4.69) is 42.5 Å². The van der Waals surface area contributed by atoms with Crippen LogP contribution < -0.4 is 4.74 Å². The first-order valence-electron chi connectivity index (χ1n) is 9.75. The molecule has 4 aromatic rings. The minimum Gasteiger partial charge on any atom is -0.472 e. The molecule has 29 heavy (non-hydrogen) atoms. The van der Waals surface area contributed by atoms with Crippen molar-refractivity contribution >= 4 is 22.6 Å². The van der Waals surface area contributed by atoms with Crippen LogP contribution in [0, 0.1) is 0 Å². The summed E-state index contributed by atoms with van der Waals surface area (Å²) in [6.45, 7) is 1.60. The third-order valence-electron chi connectivity index (χ3n) is 5.57. The summed E-state index contributed by atoms with van der Waals surface area (Å²) in [5, 5.41) is 2.12. The summed E-state index contributed by atoms with van der Waals surface area (Å²) in [7, 11) is 0. The summed E-state index contributed by atoms with van der Waals surface area (Å²) in [6.07, 6.45) is 4.21. The maximum atomic E-state index is 12.5. The predicted molar refractivity (Wildman–Crippen MR) is 117 cm³/mol. The van der Waals surface area contributed by atoms with Gasteiger partial charge >= 0.3 is 0 Å². The lowest BCUT2D eigenvalue weighted by Crippen LogP contribution is -2.34. The molecule has 1 aliphatic heterocycles. The van der Waals surface area contributed by atoms with E-state index < -0.39 is 5.60 Å². The molecule has 4 aromatic carbocycles. The molecule has 1 aliphatic rings. The van der Waals surface area contributed by atoms with Crippen LogP contribution in [-0.4, -0.2) is 5.78 Å². The van der Waals surface area contributed by atoms with Crippen LogP contribution in [0.5, 0.6) is 5.75 Å². The van der Waals surface area contributed by atoms with Gasteiger partial charge in [-0.05, 0) is 35.9 Å². The highest BCUT2D eigenvalue weighted by Gasteiger charge is 2.38. The first kappa shape index (κ1) is 17.4. The van der Waals surface area contributed by atoms with Gasteiger partial charge in [0, 0.05) is 16.7 Å². The largest absolute Gasteiger partial charge is 0.472 e. The topological polar surface area (TPSA) is 26.3 Å². The van der Waals surface area contributed by atoms with Crippen LogP contribution in [0.3, 0.4) is 0 Å². The Bertz CT molecular complexity index is 1200. The van der Waals surface area contributed by atoms with Gasteiger partial charge < -0.3 is 4.74 Å². The number of benzene rings is 4. The van der Waals surface area contributed by atoms with Crippen molar-refractivity contribution in [3.63, 3.8) is 0 Å². The first-order chi connectivity index (χ1) is 14.2. The third kappa shape index (κ3) is 2.76. The van der Waals surface area contributed by atoms with E-state index in [0.29, 0.717) is 11.3 Å². The SMILES string of the molecule is CC(=O)c1cc2ccccc2c2c1OC(c1ccccc1)(c1ccccc1)C=C2. The van der Waals surface area contributed by atoms with E-state index in [0.717, 1.165) is 27.5 Å². The molecule has 0 aliphatic carbocycles. The van der Waals surface area contributed by atoms with Gasteiger partial charge in [-0.25, -0.2) is 0 Å². The molecular formula is C27H20O2. The van der Waals surface area contributed by atoms with Crippen molar-refractivity contribution in [3.8, 4) is 5.75 Å². The third-order valence-corrected chi connectivity index (χ3v) is 5.57. The molecular weight excluding hydrogens is 356 g/mol. The molecule has 0 fully saturated rings. The van der Waals surface area contributed by atoms with Crippen molar-refractivity contribution < 1.29 is 9.53 Å². The summed E-state index contributed by atoms with van der Waals surface area (Å²) in [4.78, 5) is 12.5. The van der Waals surface area contributed by atoms with E-state index in [9.17, 15) is 4.79 Å². The first-order valence-corrected chi connectivity index (χ1v) is 9.75. The normalized spacial score (nSPS) is 14.2. The number of hydrogen-bond acceptors (Lipinski definition) is 2. The van der Waals surface area contributed by atoms with Gasteiger partial charge in [-0.3, -0.25) is 4.79 Å². The molecule has 0 aromatic heterocycles. The van der Waals surface area contributed by atoms with Gasteiger partial charge in [0.05, 0.1) is 5.56 Å². The van der Waals surface area contributed by atoms with Crippen LogP contribution in [0.15, 0.2) is 97.1 Å². The zero-order valence-electron chi connectivity index (χ0n) is 16.1. The maximum Gasteiger partial charge on any atom is 0.178 e. The molecule has 5 rings (SSSR count). The van der Waals surface area contributed by atoms with E-state index in [1.807, 2.05) is 60.7 Å². The fraction of sp³-hybridized carbons (Fsp3) is 0.0741. The van der Waals surface area contributed by atoms with Crippen LogP contribution in [0.1, 0.15) is 34.0 Å². The van der Waals surface area contributed by atoms with Crippen LogP contribution in [-0.2, 0) is 5.60 Å². The van der Waals surface area contributed by atoms with Crippen LogP contribution in [0.2, 0.25) is 0 Å². The Kier molecular flexibility index (Phi) is 4.06. The van der Waals surface area contributed by atoms with E-state index in [4.69, 9.17) is 4.74 Å². The van der Waals surface area contributed by atoms with Crippen molar-refractivity contribution in [2.45, 2.75) is 12.5 Å². The van der Waals surface area contributed by atoms with Crippen molar-refractivity contribution in [2.24, 2.45) is 0 Å². The Balaban J connectivity index is 1.82. The second-order valence-corrected chi connectivity index (χ2v) is 7.35. The zero-order valence-corrected chi connectivity index (χ0v) is 16.1. The van der Waals surface area contributed by atoms with Gasteiger partial charge in [0.1, 0.15) is 5.75 Å². The lowest BCUT2D eigenvalue weighted by Gasteiger charge is -2.37. The molecule has 0 bridgehead atoms. The second-order valence-electron chi connectivity index (χ2n) is 7.35. The molecule has 0 spiro atoms. The van der Waals surface area contributed by atoms with E-state index in [1.54, 1.807) is 6.92 Å². The Labute approximate surface area is 170 Å². The van der Waals surface area contributed by atoms with Crippen molar-refractivity contribution in [3.05, 3.63) is 119 Å². The molecule has 0 radical (unpaired) electrons. The molecule has 0 unspecified atom stereocenters. The van der Waals surface area contributed by atoms with Crippen molar-refractivity contribution in [1.82, 2.24) is 0 Å². The highest BCUT2D eigenvalue weighted by atomic mass is 16.5. The summed E-state index contributed by atoms with van der Waals surface area (Å²) in [5.41, 5.74) is 2.82. The van der Waals surface area contributed by atoms with Gasteiger partial charge in [0.25, 0.3) is 0 Å². The average molecular weight is 376 g/mol. The van der Waals surface area contributed by atoms with E-state index in [-0.39, 0.29) is 5.78 Å². The summed E-state index contributed by atoms with van der Waals surface area (Å²) >= 11 is 0. The van der Waals surface area contributed by atoms with Gasteiger partial charge in [0.2, 0.25) is 0 Å². The average Bonchev–Trinajstić information content (AvgIpc) is 2.79. The van der Waals surface area contributed by atoms with Gasteiger partial charge in [-0.15, -0.1) is 0 Å². The number of ketones is 1. The Morgan fingerprint density at radius 2 is 1.38 bits per heavy atom. The van der Waals surface area contributed by atoms with Crippen LogP contribution >= 0.6 is 0 Å². The number of Topliss-reactive ketones (excluding diaryl/α,β-unsaturated/α-hetero) is 1. The molecule has 1 heterocycles. The number of rotatable bonds is 3. The van der Waals surface area contributed by atoms with Gasteiger partial charge in [0.15, 0.2) is 11.4 Å². The van der Waals surface area contributed by atoms with E-state index >= 15 is 0 Å². The number of carbonyl (C=O) groups excluding carboxylic acids is 1. The number of ether oxygens (including phenoxy) is 1. The monoisotopic (exact) mass is 376 g/mol. The van der Waals surface area contributed by atoms with Crippen LogP contribution in [0.4, 0.5) is 0 Å². The number of carbonyl (C=O) groups is 1. The Morgan fingerprint density at radius 1 is 0.793 bits per heavy atom. The minimum absolute atomic E-state index is 0.00248. The lowest BCUT2D eigenvalue weighted by atomic mass is 9.82. The summed E-state index contributed by atoms with van der Waals surface area (Å²) < 4.78 is 6.78. The molecule has 0 saturated carbocycles. The fourth-order valence-electron chi connectivity index (χ4n) is 4.14. The molecule has 2 nitrogen and oxygen atoms in total. The smallest absolute Gasteiger partial charge is 0.178 e. The zero-order chi connectivity index (χ0) is 19.8. The Hall–Kier alpha value is -3.65. The molecule has 0 amide bonds. The summed E-state index contributed by atoms with van der Waals surface area (Å²) in [5.74, 6) is 0.642. The fourth-order valence-corrected chi connectivity index (χ4v) is 4.14. The number of hydrogen-bond donors (Lipinski definition) is 0. The molecule has 0 saturated heterocycles. The maximum absolute atomic E-state index is 12.5. The standard InChI is InChI=1S/C27H20O2/c1-19(28)25-18-20-10-8-9-15-23(20)24-16-17-27(29-26(24)25,21-11-4-2-5-12-21)22-13-6-3-7-14-22/h2-18H,1H3. The highest BCUT2D eigenvalue weighted by Crippen LogP contribution is 2.45. The molecule has 0 atom stereocenters. The van der Waals surface area contributed by atoms with Gasteiger partial charge in [-0.2, -0.15) is 0 Å². The summed E-state index contributed by atoms with van der Waals surface area (Å²) in [6, 6.07) is 30.4. The lowest BCUT2D eigenvalue weighted by molar-refractivity contribution is 0.1000. The van der Waals surface area contributed by atoms with E-state index in [1.165, 1.54) is 0 Å². The molecule has 2 heteroatoms. The van der Waals surface area contributed by atoms with Crippen LogP contribution in [0.25, 0.3) is 16.8 Å². The quantitative estimate of drug-likeness (QED) is 0.387. The molecule has 140 valence electrons. The van der Waals surface area contributed by atoms with Gasteiger partial charge in [-0.1, -0.05) is 84.9 Å².